The monoisotopic (exact) mass is 338 g/mol. The first-order valence-corrected chi connectivity index (χ1v) is 8.90. The van der Waals surface area contributed by atoms with Gasteiger partial charge in [-0.15, -0.1) is 0 Å². The van der Waals surface area contributed by atoms with Crippen molar-refractivity contribution in [2.24, 2.45) is 5.73 Å². The van der Waals surface area contributed by atoms with Crippen molar-refractivity contribution in [3.8, 4) is 11.1 Å². The zero-order valence-corrected chi connectivity index (χ0v) is 14.9. The van der Waals surface area contributed by atoms with Crippen LogP contribution in [0.1, 0.15) is 47.2 Å². The van der Waals surface area contributed by atoms with Gasteiger partial charge in [-0.25, -0.2) is 0 Å². The zero-order valence-electron chi connectivity index (χ0n) is 14.9. The summed E-state index contributed by atoms with van der Waals surface area (Å²) in [4.78, 5) is 12.0. The highest BCUT2D eigenvalue weighted by atomic mass is 16.3. The number of carbonyl (C=O) groups is 1. The minimum Gasteiger partial charge on any atom is -0.393 e. The number of anilines is 1. The zero-order chi connectivity index (χ0) is 18.0. The van der Waals surface area contributed by atoms with Crippen LogP contribution in [-0.4, -0.2) is 23.2 Å². The van der Waals surface area contributed by atoms with E-state index in [2.05, 4.69) is 37.4 Å². The Bertz CT molecular complexity index is 777. The Morgan fingerprint density at radius 2 is 1.64 bits per heavy atom. The summed E-state index contributed by atoms with van der Waals surface area (Å²) in [7, 11) is 0. The maximum absolute atomic E-state index is 12.0. The molecule has 4 nitrogen and oxygen atoms in total. The molecule has 2 aromatic rings. The molecule has 0 unspecified atom stereocenters. The lowest BCUT2D eigenvalue weighted by atomic mass is 9.92. The second-order valence-corrected chi connectivity index (χ2v) is 7.07. The van der Waals surface area contributed by atoms with Crippen LogP contribution in [0.5, 0.6) is 0 Å². The van der Waals surface area contributed by atoms with Crippen LogP contribution in [0.25, 0.3) is 11.1 Å². The number of aliphatic hydroxyl groups is 1. The third-order valence-electron chi connectivity index (χ3n) is 5.18. The first-order chi connectivity index (χ1) is 11.9. The van der Waals surface area contributed by atoms with Crippen LogP contribution >= 0.6 is 0 Å². The number of nitrogens with one attached hydrogen (secondary N) is 1. The normalized spacial score (nSPS) is 20.3. The van der Waals surface area contributed by atoms with Gasteiger partial charge in [-0.1, -0.05) is 24.3 Å². The lowest BCUT2D eigenvalue weighted by Gasteiger charge is -2.27. The van der Waals surface area contributed by atoms with E-state index in [-0.39, 0.29) is 12.1 Å². The molecule has 3 rings (SSSR count). The van der Waals surface area contributed by atoms with Gasteiger partial charge >= 0.3 is 0 Å². The molecule has 0 bridgehead atoms. The van der Waals surface area contributed by atoms with Gasteiger partial charge in [0.1, 0.15) is 0 Å². The SMILES string of the molecule is Cc1ccc(-c2ccc(NC3CCC(O)CC3)c(C(N)=O)c2)cc1C. The molecule has 2 aromatic carbocycles. The summed E-state index contributed by atoms with van der Waals surface area (Å²) in [5.74, 6) is -0.427. The Morgan fingerprint density at radius 1 is 1.00 bits per heavy atom. The highest BCUT2D eigenvalue weighted by Gasteiger charge is 2.21. The van der Waals surface area contributed by atoms with Crippen molar-refractivity contribution in [1.29, 1.82) is 0 Å². The summed E-state index contributed by atoms with van der Waals surface area (Å²) in [6.45, 7) is 4.17. The van der Waals surface area contributed by atoms with E-state index in [1.54, 1.807) is 0 Å². The topological polar surface area (TPSA) is 75.3 Å². The highest BCUT2D eigenvalue weighted by Crippen LogP contribution is 2.29. The summed E-state index contributed by atoms with van der Waals surface area (Å²) in [5, 5.41) is 13.1. The molecule has 0 radical (unpaired) electrons. The summed E-state index contributed by atoms with van der Waals surface area (Å²) in [6, 6.07) is 12.4. The van der Waals surface area contributed by atoms with Gasteiger partial charge in [-0.05, 0) is 73.9 Å². The van der Waals surface area contributed by atoms with E-state index >= 15 is 0 Å². The van der Waals surface area contributed by atoms with Gasteiger partial charge in [0, 0.05) is 11.7 Å². The average Bonchev–Trinajstić information content (AvgIpc) is 2.59. The molecule has 4 N–H and O–H groups in total. The van der Waals surface area contributed by atoms with Gasteiger partial charge in [-0.2, -0.15) is 0 Å². The first-order valence-electron chi connectivity index (χ1n) is 8.90. The highest BCUT2D eigenvalue weighted by molar-refractivity contribution is 6.00. The van der Waals surface area contributed by atoms with Crippen LogP contribution < -0.4 is 11.1 Å². The van der Waals surface area contributed by atoms with Crippen molar-refractivity contribution in [3.05, 3.63) is 53.1 Å². The van der Waals surface area contributed by atoms with Crippen molar-refractivity contribution < 1.29 is 9.90 Å². The Hall–Kier alpha value is -2.33. The number of hydrogen-bond donors (Lipinski definition) is 3. The number of carbonyl (C=O) groups excluding carboxylic acids is 1. The molecule has 4 heteroatoms. The van der Waals surface area contributed by atoms with E-state index in [9.17, 15) is 9.90 Å². The van der Waals surface area contributed by atoms with Crippen LogP contribution in [0.4, 0.5) is 5.69 Å². The Balaban J connectivity index is 1.87. The fourth-order valence-corrected chi connectivity index (χ4v) is 3.41. The maximum atomic E-state index is 12.0. The first kappa shape index (κ1) is 17.5. The number of aliphatic hydroxyl groups excluding tert-OH is 1. The third-order valence-corrected chi connectivity index (χ3v) is 5.18. The van der Waals surface area contributed by atoms with Gasteiger partial charge in [0.05, 0.1) is 11.7 Å². The lowest BCUT2D eigenvalue weighted by molar-refractivity contribution is 0.100. The van der Waals surface area contributed by atoms with Crippen LogP contribution in [0.15, 0.2) is 36.4 Å². The number of benzene rings is 2. The van der Waals surface area contributed by atoms with Gasteiger partial charge in [-0.3, -0.25) is 4.79 Å². The molecule has 0 saturated heterocycles. The Kier molecular flexibility index (Phi) is 5.09. The Morgan fingerprint density at radius 3 is 2.28 bits per heavy atom. The summed E-state index contributed by atoms with van der Waals surface area (Å²) < 4.78 is 0. The summed E-state index contributed by atoms with van der Waals surface area (Å²) >= 11 is 0. The largest absolute Gasteiger partial charge is 0.393 e. The van der Waals surface area contributed by atoms with Gasteiger partial charge in [0.25, 0.3) is 5.91 Å². The van der Waals surface area contributed by atoms with Crippen molar-refractivity contribution >= 4 is 11.6 Å². The molecule has 1 fully saturated rings. The molecule has 132 valence electrons. The van der Waals surface area contributed by atoms with E-state index < -0.39 is 5.91 Å². The number of aryl methyl sites for hydroxylation is 2. The predicted octanol–water partition coefficient (Wildman–Crippen LogP) is 3.78. The van der Waals surface area contributed by atoms with Crippen molar-refractivity contribution in [3.63, 3.8) is 0 Å². The van der Waals surface area contributed by atoms with Gasteiger partial charge in [0.2, 0.25) is 0 Å². The molecule has 0 aliphatic heterocycles. The average molecular weight is 338 g/mol. The van der Waals surface area contributed by atoms with E-state index in [0.29, 0.717) is 5.56 Å². The second-order valence-electron chi connectivity index (χ2n) is 7.07. The van der Waals surface area contributed by atoms with Gasteiger partial charge < -0.3 is 16.2 Å². The predicted molar refractivity (Wildman–Crippen MR) is 102 cm³/mol. The molecular formula is C21H26N2O2. The summed E-state index contributed by atoms with van der Waals surface area (Å²) in [5.41, 5.74) is 11.5. The molecule has 1 amide bonds. The van der Waals surface area contributed by atoms with E-state index in [1.807, 2.05) is 18.2 Å². The van der Waals surface area contributed by atoms with E-state index in [1.165, 1.54) is 11.1 Å². The molecule has 1 saturated carbocycles. The van der Waals surface area contributed by atoms with Crippen LogP contribution in [0.3, 0.4) is 0 Å². The standard InChI is InChI=1S/C21H26N2O2/c1-13-3-4-15(11-14(13)2)16-5-10-20(19(12-16)21(22)25)23-17-6-8-18(24)9-7-17/h3-5,10-12,17-18,23-24H,6-9H2,1-2H3,(H2,22,25). The lowest BCUT2D eigenvalue weighted by Crippen LogP contribution is -2.29. The molecule has 1 aliphatic rings. The second kappa shape index (κ2) is 7.28. The molecule has 1 aliphatic carbocycles. The maximum Gasteiger partial charge on any atom is 0.250 e. The molecular weight excluding hydrogens is 312 g/mol. The van der Waals surface area contributed by atoms with Gasteiger partial charge in [0.15, 0.2) is 0 Å². The molecule has 0 spiro atoms. The van der Waals surface area contributed by atoms with Crippen LogP contribution in [0.2, 0.25) is 0 Å². The smallest absolute Gasteiger partial charge is 0.250 e. The van der Waals surface area contributed by atoms with Crippen LogP contribution in [0, 0.1) is 13.8 Å². The molecule has 0 atom stereocenters. The third kappa shape index (κ3) is 4.02. The number of primary amides is 1. The number of hydrogen-bond acceptors (Lipinski definition) is 3. The van der Waals surface area contributed by atoms with Crippen molar-refractivity contribution in [1.82, 2.24) is 0 Å². The van der Waals surface area contributed by atoms with E-state index in [4.69, 9.17) is 5.73 Å². The minimum absolute atomic E-state index is 0.194. The van der Waals surface area contributed by atoms with Crippen molar-refractivity contribution in [2.75, 3.05) is 5.32 Å². The number of rotatable bonds is 4. The number of amides is 1. The quantitative estimate of drug-likeness (QED) is 0.794. The molecule has 25 heavy (non-hydrogen) atoms. The minimum atomic E-state index is -0.427. The fourth-order valence-electron chi connectivity index (χ4n) is 3.41. The van der Waals surface area contributed by atoms with E-state index in [0.717, 1.165) is 42.5 Å². The van der Waals surface area contributed by atoms with Crippen molar-refractivity contribution in [2.45, 2.75) is 51.7 Å². The van der Waals surface area contributed by atoms with Crippen LogP contribution in [-0.2, 0) is 0 Å². The summed E-state index contributed by atoms with van der Waals surface area (Å²) in [6.07, 6.45) is 3.20. The fraction of sp³-hybridized carbons (Fsp3) is 0.381. The molecule has 0 aromatic heterocycles. The Labute approximate surface area is 149 Å². The number of nitrogens with two attached hydrogens (primary N) is 1. The molecule has 0 heterocycles.